The second kappa shape index (κ2) is 17.8. The number of aliphatic hydroxyl groups excluding tert-OH is 2. The molecule has 2 heterocycles. The van der Waals surface area contributed by atoms with Crippen LogP contribution in [0, 0.1) is 0 Å². The van der Waals surface area contributed by atoms with Crippen molar-refractivity contribution in [1.82, 2.24) is 10.6 Å². The molecule has 2 atom stereocenters. The number of anilines is 2. The highest BCUT2D eigenvalue weighted by Gasteiger charge is 2.27. The van der Waals surface area contributed by atoms with Gasteiger partial charge >= 0.3 is 0 Å². The predicted molar refractivity (Wildman–Crippen MR) is 201 cm³/mol. The third-order valence-electron chi connectivity index (χ3n) is 10.1. The molecule has 270 valence electrons. The number of nitrogens with zero attached hydrogens (tertiary/aromatic N) is 2. The predicted octanol–water partition coefficient (Wildman–Crippen LogP) is 2.90. The zero-order valence-corrected chi connectivity index (χ0v) is 29.8. The lowest BCUT2D eigenvalue weighted by atomic mass is 9.97. The van der Waals surface area contributed by atoms with Gasteiger partial charge in [0, 0.05) is 51.5 Å². The van der Waals surface area contributed by atoms with Crippen molar-refractivity contribution in [3.63, 3.8) is 0 Å². The van der Waals surface area contributed by atoms with Gasteiger partial charge < -0.3 is 42.1 Å². The van der Waals surface area contributed by atoms with Crippen LogP contribution in [0.1, 0.15) is 80.8 Å². The van der Waals surface area contributed by atoms with E-state index in [2.05, 4.69) is 70.7 Å². The molecular weight excluding hydrogens is 628 g/mol. The Morgan fingerprint density at radius 1 is 0.720 bits per heavy atom. The fourth-order valence-electron chi connectivity index (χ4n) is 7.77. The Morgan fingerprint density at radius 2 is 1.14 bits per heavy atom. The third-order valence-corrected chi connectivity index (χ3v) is 10.1. The van der Waals surface area contributed by atoms with Gasteiger partial charge in [-0.05, 0) is 124 Å². The highest BCUT2D eigenvalue weighted by Crippen LogP contribution is 2.35. The average Bonchev–Trinajstić information content (AvgIpc) is 3.69. The number of hydrogen-bond donors (Lipinski definition) is 6. The van der Waals surface area contributed by atoms with Crippen LogP contribution in [0.5, 0.6) is 0 Å². The van der Waals surface area contributed by atoms with Gasteiger partial charge in [0.2, 0.25) is 0 Å². The Morgan fingerprint density at radius 3 is 1.52 bits per heavy atom. The van der Waals surface area contributed by atoms with Crippen molar-refractivity contribution in [3.05, 3.63) is 93.0 Å². The molecule has 0 fully saturated rings. The molecule has 0 spiro atoms. The molecule has 2 aliphatic rings. The molecule has 0 aliphatic carbocycles. The van der Waals surface area contributed by atoms with E-state index in [4.69, 9.17) is 11.5 Å². The number of hydrogen-bond acceptors (Lipinski definition) is 8. The Kier molecular flexibility index (Phi) is 13.3. The molecule has 0 saturated carbocycles. The normalized spacial score (nSPS) is 14.9. The first-order valence-electron chi connectivity index (χ1n) is 18.3. The Hall–Kier alpha value is -3.96. The number of carbonyl (C=O) groups is 2. The van der Waals surface area contributed by atoms with E-state index in [0.29, 0.717) is 24.0 Å². The Bertz CT molecular complexity index is 1510. The molecule has 10 heteroatoms. The van der Waals surface area contributed by atoms with Gasteiger partial charge in [-0.3, -0.25) is 9.59 Å². The van der Waals surface area contributed by atoms with Gasteiger partial charge in [0.15, 0.2) is 0 Å². The van der Waals surface area contributed by atoms with Crippen LogP contribution >= 0.6 is 0 Å². The van der Waals surface area contributed by atoms with Crippen LogP contribution < -0.4 is 31.9 Å². The molecule has 0 radical (unpaired) electrons. The molecule has 50 heavy (non-hydrogen) atoms. The van der Waals surface area contributed by atoms with E-state index in [1.165, 1.54) is 22.3 Å². The quantitative estimate of drug-likeness (QED) is 0.106. The number of fused-ring (bicyclic) bond motifs is 2. The highest BCUT2D eigenvalue weighted by atomic mass is 16.3. The third kappa shape index (κ3) is 9.42. The van der Waals surface area contributed by atoms with Crippen LogP contribution in [-0.4, -0.2) is 86.6 Å². The van der Waals surface area contributed by atoms with Gasteiger partial charge in [-0.25, -0.2) is 0 Å². The second-order valence-corrected chi connectivity index (χ2v) is 14.0. The largest absolute Gasteiger partial charge is 0.396 e. The van der Waals surface area contributed by atoms with Gasteiger partial charge in [0.25, 0.3) is 11.8 Å². The van der Waals surface area contributed by atoms with Crippen LogP contribution in [0.2, 0.25) is 0 Å². The van der Waals surface area contributed by atoms with Crippen LogP contribution in [0.25, 0.3) is 0 Å². The lowest BCUT2D eigenvalue weighted by Crippen LogP contribution is -2.31. The van der Waals surface area contributed by atoms with Crippen molar-refractivity contribution in [2.45, 2.75) is 77.3 Å². The number of amides is 2. The smallest absolute Gasteiger partial charge is 0.250 e. The van der Waals surface area contributed by atoms with Gasteiger partial charge in [-0.15, -0.1) is 0 Å². The number of nitrogens with two attached hydrogens (primary N) is 2. The molecule has 0 aromatic heterocycles. The monoisotopic (exact) mass is 684 g/mol. The maximum atomic E-state index is 12.4. The minimum absolute atomic E-state index is 0.130. The topological polar surface area (TPSA) is 157 Å². The Balaban J connectivity index is 1.11. The molecule has 0 bridgehead atoms. The molecular formula is C40H56N6O4. The number of nitrogens with one attached hydrogen (secondary N) is 2. The van der Waals surface area contributed by atoms with E-state index in [1.807, 2.05) is 12.1 Å². The fraction of sp³-hybridized carbons (Fsp3) is 0.500. The molecule has 5 rings (SSSR count). The summed E-state index contributed by atoms with van der Waals surface area (Å²) in [4.78, 5) is 29.1. The standard InChI is InChI=1S/C40H56N6O4/c1-27(21-29-23-33-11-17-45(15-5-19-47)37(33)35(25-29)39(41)49)43-13-9-31-7-3-4-8-32(31)10-14-44-28(2)22-30-24-34-12-18-46(16-6-20-48)38(34)36(26-30)40(42)50/h3-4,7-8,23-28,43-44,47-48H,5-6,9-22H2,1-2H3,(H2,41,49)(H2,42,50). The van der Waals surface area contributed by atoms with Crippen molar-refractivity contribution in [1.29, 1.82) is 0 Å². The maximum absolute atomic E-state index is 12.4. The number of carbonyl (C=O) groups excluding carboxylic acids is 2. The second-order valence-electron chi connectivity index (χ2n) is 14.0. The van der Waals surface area contributed by atoms with Gasteiger partial charge in [-0.2, -0.15) is 0 Å². The molecule has 8 N–H and O–H groups in total. The molecule has 2 amide bonds. The lowest BCUT2D eigenvalue weighted by molar-refractivity contribution is 0.0992. The molecule has 3 aromatic rings. The fourth-order valence-corrected chi connectivity index (χ4v) is 7.77. The number of aliphatic hydroxyl groups is 2. The number of benzene rings is 3. The summed E-state index contributed by atoms with van der Waals surface area (Å²) in [5.41, 5.74) is 21.9. The lowest BCUT2D eigenvalue weighted by Gasteiger charge is -2.22. The van der Waals surface area contributed by atoms with Gasteiger partial charge in [0.05, 0.1) is 22.5 Å². The zero-order chi connectivity index (χ0) is 35.6. The minimum atomic E-state index is -0.400. The van der Waals surface area contributed by atoms with E-state index >= 15 is 0 Å². The van der Waals surface area contributed by atoms with Gasteiger partial charge in [-0.1, -0.05) is 36.4 Å². The van der Waals surface area contributed by atoms with Crippen molar-refractivity contribution < 1.29 is 19.8 Å². The summed E-state index contributed by atoms with van der Waals surface area (Å²) >= 11 is 0. The summed E-state index contributed by atoms with van der Waals surface area (Å²) in [7, 11) is 0. The van der Waals surface area contributed by atoms with Crippen molar-refractivity contribution in [2.75, 3.05) is 62.3 Å². The highest BCUT2D eigenvalue weighted by molar-refractivity contribution is 6.01. The van der Waals surface area contributed by atoms with E-state index < -0.39 is 11.8 Å². The molecule has 10 nitrogen and oxygen atoms in total. The molecule has 2 unspecified atom stereocenters. The maximum Gasteiger partial charge on any atom is 0.250 e. The first-order chi connectivity index (χ1) is 24.2. The first kappa shape index (κ1) is 37.3. The van der Waals surface area contributed by atoms with E-state index in [9.17, 15) is 19.8 Å². The molecule has 3 aromatic carbocycles. The van der Waals surface area contributed by atoms with E-state index in [-0.39, 0.29) is 25.3 Å². The van der Waals surface area contributed by atoms with E-state index in [1.54, 1.807) is 0 Å². The SMILES string of the molecule is CC(Cc1cc2c(c(C(N)=O)c1)N(CCCO)CC2)NCCc1ccccc1CCNC(C)Cc1cc2c(c(C(N)=O)c1)N(CCCO)CC2. The van der Waals surface area contributed by atoms with Gasteiger partial charge in [0.1, 0.15) is 0 Å². The number of rotatable bonds is 20. The summed E-state index contributed by atoms with van der Waals surface area (Å²) in [6, 6.07) is 17.4. The molecule has 2 aliphatic heterocycles. The summed E-state index contributed by atoms with van der Waals surface area (Å²) in [5, 5.41) is 25.9. The van der Waals surface area contributed by atoms with Crippen molar-refractivity contribution >= 4 is 23.2 Å². The summed E-state index contributed by atoms with van der Waals surface area (Å²) in [6.07, 6.45) is 6.57. The average molecular weight is 685 g/mol. The van der Waals surface area contributed by atoms with Crippen LogP contribution in [0.3, 0.4) is 0 Å². The zero-order valence-electron chi connectivity index (χ0n) is 29.8. The Labute approximate surface area is 297 Å². The summed E-state index contributed by atoms with van der Waals surface area (Å²) < 4.78 is 0. The minimum Gasteiger partial charge on any atom is -0.396 e. The summed E-state index contributed by atoms with van der Waals surface area (Å²) in [6.45, 7) is 9.46. The van der Waals surface area contributed by atoms with Crippen LogP contribution in [0.15, 0.2) is 48.5 Å². The number of primary amides is 2. The summed E-state index contributed by atoms with van der Waals surface area (Å²) in [5.74, 6) is -0.800. The van der Waals surface area contributed by atoms with Crippen LogP contribution in [0.4, 0.5) is 11.4 Å². The van der Waals surface area contributed by atoms with Crippen LogP contribution in [-0.2, 0) is 38.5 Å². The van der Waals surface area contributed by atoms with Crippen molar-refractivity contribution in [3.8, 4) is 0 Å². The van der Waals surface area contributed by atoms with Crippen molar-refractivity contribution in [2.24, 2.45) is 11.5 Å². The van der Waals surface area contributed by atoms with E-state index in [0.717, 1.165) is 100 Å². The first-order valence-corrected chi connectivity index (χ1v) is 18.3. The molecule has 0 saturated heterocycles.